The summed E-state index contributed by atoms with van der Waals surface area (Å²) in [6.07, 6.45) is 36.3. The number of para-hydroxylation sites is 1. The first-order valence-corrected chi connectivity index (χ1v) is 33.4. The molecule has 0 atom stereocenters. The van der Waals surface area contributed by atoms with E-state index in [1.54, 1.807) is 11.1 Å². The van der Waals surface area contributed by atoms with Crippen molar-refractivity contribution in [1.82, 2.24) is 4.57 Å². The minimum Gasteiger partial charge on any atom is -0.311 e. The van der Waals surface area contributed by atoms with Crippen molar-refractivity contribution < 1.29 is 0 Å². The van der Waals surface area contributed by atoms with Gasteiger partial charge in [0.1, 0.15) is 0 Å². The Morgan fingerprint density at radius 1 is 0.337 bits per heavy atom. The largest absolute Gasteiger partial charge is 0.311 e. The number of benzene rings is 8. The molecule has 0 amide bonds. The van der Waals surface area contributed by atoms with Gasteiger partial charge in [-0.05, 0) is 162 Å². The Labute approximate surface area is 501 Å². The lowest BCUT2D eigenvalue weighted by molar-refractivity contribution is 0.397. The maximum absolute atomic E-state index is 2.63. The molecule has 0 radical (unpaired) electrons. The van der Waals surface area contributed by atoms with Crippen LogP contribution in [0.15, 0.2) is 176 Å². The monoisotopic (exact) mass is 1100 g/mol. The van der Waals surface area contributed by atoms with E-state index >= 15 is 0 Å². The minimum atomic E-state index is 0.0475. The van der Waals surface area contributed by atoms with Crippen LogP contribution in [0.2, 0.25) is 0 Å². The van der Waals surface area contributed by atoms with Crippen molar-refractivity contribution in [1.29, 1.82) is 0 Å². The second-order valence-electron chi connectivity index (χ2n) is 25.1. The molecular formula is C81H98N2. The number of nitrogens with zero attached hydrogens (tertiary/aromatic N) is 2. The summed E-state index contributed by atoms with van der Waals surface area (Å²) in [5.74, 6) is 0. The Balaban J connectivity index is 0.904. The van der Waals surface area contributed by atoms with Crippen LogP contribution in [0, 0.1) is 13.8 Å². The molecule has 1 aliphatic carbocycles. The van der Waals surface area contributed by atoms with Crippen molar-refractivity contribution in [3.8, 4) is 39.1 Å². The molecule has 9 aromatic rings. The molecular weight excluding hydrogens is 1000 g/mol. The lowest BCUT2D eigenvalue weighted by atomic mass is 9.70. The van der Waals surface area contributed by atoms with E-state index in [2.05, 4.69) is 220 Å². The SMILES string of the molecule is CCCCCCCCCCCCC1(CCCCCCCCCCCC)c2cc(C)ccc2-c2ccc(-c3ccc(N(c4ccc(C)cc4)c4ccc(-c5ccc6c(c5)c5ccccc5n6-c5ccc(CCCCCC)cc5)cc4)cc3)cc21. The van der Waals surface area contributed by atoms with Crippen LogP contribution in [0.1, 0.15) is 216 Å². The van der Waals surface area contributed by atoms with Gasteiger partial charge in [0, 0.05) is 38.9 Å². The van der Waals surface area contributed by atoms with Crippen LogP contribution in [0.3, 0.4) is 0 Å². The third-order valence-corrected chi connectivity index (χ3v) is 18.8. The maximum atomic E-state index is 2.63. The molecule has 0 aliphatic heterocycles. The number of aromatic nitrogens is 1. The Hall–Kier alpha value is -6.64. The minimum absolute atomic E-state index is 0.0475. The molecule has 8 aromatic carbocycles. The van der Waals surface area contributed by atoms with Gasteiger partial charge in [-0.25, -0.2) is 0 Å². The van der Waals surface area contributed by atoms with E-state index in [1.807, 2.05) is 0 Å². The molecule has 83 heavy (non-hydrogen) atoms. The standard InChI is InChI=1S/C81H98N2/c1-6-9-12-15-17-19-21-23-25-30-57-81(58-31-26-24-22-20-18-16-13-10-7-2)77-59-63(5)37-54-73(77)74-55-44-68(61-78(74)81)66-42-52-71(53-43-66)82(69-46-35-62(4)36-47-69)70-50-40-65(41-51-70)67-45-56-80-76(60-67)75-33-28-29-34-79(75)83(80)72-48-38-64(39-49-72)32-27-14-11-8-3/h28-29,33-56,59-61H,6-27,30-32,57-58H2,1-5H3. The smallest absolute Gasteiger partial charge is 0.0541 e. The van der Waals surface area contributed by atoms with E-state index in [9.17, 15) is 0 Å². The van der Waals surface area contributed by atoms with Gasteiger partial charge in [0.25, 0.3) is 0 Å². The summed E-state index contributed by atoms with van der Waals surface area (Å²) in [7, 11) is 0. The first kappa shape index (κ1) is 59.5. The second-order valence-corrected chi connectivity index (χ2v) is 25.1. The number of hydrogen-bond acceptors (Lipinski definition) is 1. The predicted octanol–water partition coefficient (Wildman–Crippen LogP) is 25.2. The topological polar surface area (TPSA) is 8.17 Å². The highest BCUT2D eigenvalue weighted by atomic mass is 15.1. The summed E-state index contributed by atoms with van der Waals surface area (Å²) in [6.45, 7) is 11.4. The van der Waals surface area contributed by atoms with Gasteiger partial charge in [-0.15, -0.1) is 0 Å². The highest BCUT2D eigenvalue weighted by Gasteiger charge is 2.42. The molecule has 2 nitrogen and oxygen atoms in total. The van der Waals surface area contributed by atoms with Crippen molar-refractivity contribution >= 4 is 38.9 Å². The number of rotatable bonds is 33. The second kappa shape index (κ2) is 29.7. The fourth-order valence-corrected chi connectivity index (χ4v) is 14.0. The molecule has 0 unspecified atom stereocenters. The van der Waals surface area contributed by atoms with Crippen molar-refractivity contribution in [2.45, 2.75) is 213 Å². The highest BCUT2D eigenvalue weighted by Crippen LogP contribution is 2.55. The van der Waals surface area contributed by atoms with Crippen LogP contribution in [0.5, 0.6) is 0 Å². The van der Waals surface area contributed by atoms with Gasteiger partial charge >= 0.3 is 0 Å². The van der Waals surface area contributed by atoms with E-state index in [-0.39, 0.29) is 5.41 Å². The van der Waals surface area contributed by atoms with Gasteiger partial charge in [0.15, 0.2) is 0 Å². The first-order valence-electron chi connectivity index (χ1n) is 33.4. The van der Waals surface area contributed by atoms with Gasteiger partial charge in [-0.3, -0.25) is 0 Å². The summed E-state index contributed by atoms with van der Waals surface area (Å²) < 4.78 is 2.44. The summed E-state index contributed by atoms with van der Waals surface area (Å²) in [6, 6.07) is 67.9. The fraction of sp³-hybridized carbons (Fsp3) is 0.407. The highest BCUT2D eigenvalue weighted by molar-refractivity contribution is 6.10. The predicted molar refractivity (Wildman–Crippen MR) is 363 cm³/mol. The third kappa shape index (κ3) is 14.5. The average Bonchev–Trinajstić information content (AvgIpc) is 1.89. The Morgan fingerprint density at radius 3 is 1.31 bits per heavy atom. The van der Waals surface area contributed by atoms with E-state index < -0.39 is 0 Å². The molecule has 0 saturated carbocycles. The molecule has 0 spiro atoms. The summed E-state index contributed by atoms with van der Waals surface area (Å²) in [4.78, 5) is 2.42. The van der Waals surface area contributed by atoms with Gasteiger partial charge in [0.05, 0.1) is 11.0 Å². The molecule has 2 heteroatoms. The summed E-state index contributed by atoms with van der Waals surface area (Å²) in [5, 5.41) is 2.57. The Morgan fingerprint density at radius 2 is 0.759 bits per heavy atom. The number of aryl methyl sites for hydroxylation is 3. The van der Waals surface area contributed by atoms with E-state index in [4.69, 9.17) is 0 Å². The molecule has 0 fully saturated rings. The van der Waals surface area contributed by atoms with Gasteiger partial charge in [-0.1, -0.05) is 283 Å². The number of unbranched alkanes of at least 4 members (excludes halogenated alkanes) is 21. The number of hydrogen-bond donors (Lipinski definition) is 0. The third-order valence-electron chi connectivity index (χ3n) is 18.8. The molecule has 0 N–H and O–H groups in total. The molecule has 0 bridgehead atoms. The van der Waals surface area contributed by atoms with Gasteiger partial charge in [0.2, 0.25) is 0 Å². The number of fused-ring (bicyclic) bond motifs is 6. The van der Waals surface area contributed by atoms with Crippen LogP contribution < -0.4 is 4.90 Å². The van der Waals surface area contributed by atoms with Crippen molar-refractivity contribution in [3.05, 3.63) is 204 Å². The zero-order valence-corrected chi connectivity index (χ0v) is 51.7. The zero-order valence-electron chi connectivity index (χ0n) is 51.7. The summed E-state index contributed by atoms with van der Waals surface area (Å²) >= 11 is 0. The van der Waals surface area contributed by atoms with Crippen LogP contribution >= 0.6 is 0 Å². The average molecular weight is 1100 g/mol. The zero-order chi connectivity index (χ0) is 57.2. The maximum Gasteiger partial charge on any atom is 0.0541 e. The van der Waals surface area contributed by atoms with Gasteiger partial charge < -0.3 is 9.47 Å². The molecule has 1 aliphatic rings. The molecule has 1 aromatic heterocycles. The van der Waals surface area contributed by atoms with Crippen LogP contribution in [0.4, 0.5) is 17.1 Å². The van der Waals surface area contributed by atoms with E-state index in [0.717, 1.165) is 23.5 Å². The van der Waals surface area contributed by atoms with Crippen molar-refractivity contribution in [2.24, 2.45) is 0 Å². The quantitative estimate of drug-likeness (QED) is 0.0372. The number of anilines is 3. The van der Waals surface area contributed by atoms with Crippen LogP contribution in [-0.2, 0) is 11.8 Å². The first-order chi connectivity index (χ1) is 40.9. The lowest BCUT2D eigenvalue weighted by Crippen LogP contribution is -2.25. The Bertz CT molecular complexity index is 3400. The molecule has 0 saturated heterocycles. The molecule has 10 rings (SSSR count). The van der Waals surface area contributed by atoms with E-state index in [0.29, 0.717) is 0 Å². The van der Waals surface area contributed by atoms with Crippen LogP contribution in [-0.4, -0.2) is 4.57 Å². The fourth-order valence-electron chi connectivity index (χ4n) is 14.0. The normalized spacial score (nSPS) is 12.6. The van der Waals surface area contributed by atoms with Crippen molar-refractivity contribution in [2.75, 3.05) is 4.90 Å². The van der Waals surface area contributed by atoms with Gasteiger partial charge in [-0.2, -0.15) is 0 Å². The van der Waals surface area contributed by atoms with E-state index in [1.165, 1.54) is 245 Å². The Kier molecular flexibility index (Phi) is 21.3. The lowest BCUT2D eigenvalue weighted by Gasteiger charge is -2.33. The summed E-state index contributed by atoms with van der Waals surface area (Å²) in [5.41, 5.74) is 22.5. The molecule has 1 heterocycles. The van der Waals surface area contributed by atoms with Crippen molar-refractivity contribution in [3.63, 3.8) is 0 Å². The van der Waals surface area contributed by atoms with Crippen LogP contribution in [0.25, 0.3) is 60.9 Å². The molecule has 432 valence electrons.